The minimum atomic E-state index is -0.710. The zero-order valence-corrected chi connectivity index (χ0v) is 16.3. The third kappa shape index (κ3) is 3.68. The quantitative estimate of drug-likeness (QED) is 0.757. The topological polar surface area (TPSA) is 76.3 Å². The molecule has 0 spiro atoms. The summed E-state index contributed by atoms with van der Waals surface area (Å²) in [6, 6.07) is 3.91. The third-order valence-corrected chi connectivity index (χ3v) is 4.73. The van der Waals surface area contributed by atoms with Gasteiger partial charge in [-0.1, -0.05) is 6.07 Å². The molecule has 0 N–H and O–H groups in total. The van der Waals surface area contributed by atoms with Crippen LogP contribution in [0.25, 0.3) is 5.52 Å². The van der Waals surface area contributed by atoms with E-state index in [0.29, 0.717) is 18.2 Å². The Balaban J connectivity index is 2.10. The van der Waals surface area contributed by atoms with Gasteiger partial charge in [-0.05, 0) is 58.6 Å². The molecule has 0 saturated carbocycles. The summed E-state index contributed by atoms with van der Waals surface area (Å²) < 4.78 is 7.65. The summed E-state index contributed by atoms with van der Waals surface area (Å²) in [5, 5.41) is 4.56. The van der Waals surface area contributed by atoms with Crippen molar-refractivity contribution in [3.63, 3.8) is 0 Å². The van der Waals surface area contributed by atoms with Crippen LogP contribution in [0.1, 0.15) is 18.2 Å². The molecule has 1 aliphatic rings. The Morgan fingerprint density at radius 1 is 1.22 bits per heavy atom. The first-order valence-electron chi connectivity index (χ1n) is 8.91. The highest BCUT2D eigenvalue weighted by atomic mass is 16.5. The van der Waals surface area contributed by atoms with E-state index in [2.05, 4.69) is 10.1 Å². The SMILES string of the molecule is Cc1ccc2c(N=C3C=CC(=O)C(C)C3=O)c(OCCN(C)C)nn2c1C. The van der Waals surface area contributed by atoms with Crippen molar-refractivity contribution < 1.29 is 14.3 Å². The first-order valence-corrected chi connectivity index (χ1v) is 8.91. The molecular formula is C20H24N4O3. The minimum absolute atomic E-state index is 0.201. The van der Waals surface area contributed by atoms with Crippen molar-refractivity contribution in [1.29, 1.82) is 0 Å². The van der Waals surface area contributed by atoms with Crippen LogP contribution in [0.15, 0.2) is 29.3 Å². The molecule has 2 aromatic rings. The Morgan fingerprint density at radius 3 is 2.67 bits per heavy atom. The second kappa shape index (κ2) is 7.44. The maximum atomic E-state index is 12.5. The van der Waals surface area contributed by atoms with Crippen molar-refractivity contribution in [2.45, 2.75) is 20.8 Å². The van der Waals surface area contributed by atoms with Crippen LogP contribution in [0.2, 0.25) is 0 Å². The summed E-state index contributed by atoms with van der Waals surface area (Å²) in [6.07, 6.45) is 2.87. The molecule has 0 bridgehead atoms. The Morgan fingerprint density at radius 2 is 1.96 bits per heavy atom. The number of ether oxygens (including phenoxy) is 1. The fourth-order valence-corrected chi connectivity index (χ4v) is 2.78. The largest absolute Gasteiger partial charge is 0.474 e. The number of Topliss-reactive ketones (excluding diaryl/α,β-unsaturated/α-hetero) is 1. The normalized spacial score (nSPS) is 18.9. The fraction of sp³-hybridized carbons (Fsp3) is 0.400. The van der Waals surface area contributed by atoms with E-state index in [-0.39, 0.29) is 17.3 Å². The minimum Gasteiger partial charge on any atom is -0.474 e. The Bertz CT molecular complexity index is 969. The molecule has 1 atom stereocenters. The van der Waals surface area contributed by atoms with Gasteiger partial charge >= 0.3 is 0 Å². The van der Waals surface area contributed by atoms with E-state index in [4.69, 9.17) is 4.74 Å². The van der Waals surface area contributed by atoms with Gasteiger partial charge in [0.05, 0.1) is 11.4 Å². The van der Waals surface area contributed by atoms with Gasteiger partial charge in [0.2, 0.25) is 0 Å². The van der Waals surface area contributed by atoms with Gasteiger partial charge in [0.15, 0.2) is 17.3 Å². The zero-order chi connectivity index (χ0) is 19.7. The van der Waals surface area contributed by atoms with Gasteiger partial charge in [-0.25, -0.2) is 9.51 Å². The number of rotatable bonds is 5. The van der Waals surface area contributed by atoms with Gasteiger partial charge in [0.1, 0.15) is 12.3 Å². The molecule has 0 radical (unpaired) electrons. The lowest BCUT2D eigenvalue weighted by Gasteiger charge is -2.12. The average Bonchev–Trinajstić information content (AvgIpc) is 2.96. The summed E-state index contributed by atoms with van der Waals surface area (Å²) in [6.45, 7) is 6.76. The third-order valence-electron chi connectivity index (χ3n) is 4.73. The number of carbonyl (C=O) groups excluding carboxylic acids is 2. The number of likely N-dealkylation sites (N-methyl/N-ethyl adjacent to an activating group) is 1. The lowest BCUT2D eigenvalue weighted by molar-refractivity contribution is -0.126. The highest BCUT2D eigenvalue weighted by molar-refractivity contribution is 6.50. The summed E-state index contributed by atoms with van der Waals surface area (Å²) in [4.78, 5) is 30.7. The Hall–Kier alpha value is -2.80. The number of fused-ring (bicyclic) bond motifs is 1. The maximum Gasteiger partial charge on any atom is 0.260 e. The molecule has 2 aromatic heterocycles. The number of aryl methyl sites for hydroxylation is 2. The van der Waals surface area contributed by atoms with Gasteiger partial charge in [0, 0.05) is 12.2 Å². The maximum absolute atomic E-state index is 12.5. The fourth-order valence-electron chi connectivity index (χ4n) is 2.78. The Kier molecular flexibility index (Phi) is 5.23. The van der Waals surface area contributed by atoms with Crippen molar-refractivity contribution in [3.8, 4) is 5.88 Å². The van der Waals surface area contributed by atoms with Crippen LogP contribution in [-0.4, -0.2) is 59.0 Å². The predicted molar refractivity (Wildman–Crippen MR) is 104 cm³/mol. The summed E-state index contributed by atoms with van der Waals surface area (Å²) >= 11 is 0. The smallest absolute Gasteiger partial charge is 0.260 e. The number of hydrogen-bond acceptors (Lipinski definition) is 6. The lowest BCUT2D eigenvalue weighted by atomic mass is 9.92. The molecule has 7 nitrogen and oxygen atoms in total. The van der Waals surface area contributed by atoms with E-state index in [9.17, 15) is 9.59 Å². The van der Waals surface area contributed by atoms with E-state index in [1.54, 1.807) is 11.4 Å². The molecule has 3 rings (SSSR count). The number of ketones is 2. The van der Waals surface area contributed by atoms with Crippen LogP contribution in [0, 0.1) is 19.8 Å². The van der Waals surface area contributed by atoms with E-state index >= 15 is 0 Å². The van der Waals surface area contributed by atoms with Crippen molar-refractivity contribution in [3.05, 3.63) is 35.5 Å². The second-order valence-corrected chi connectivity index (χ2v) is 7.02. The molecular weight excluding hydrogens is 344 g/mol. The lowest BCUT2D eigenvalue weighted by Crippen LogP contribution is -2.29. The van der Waals surface area contributed by atoms with Crippen molar-refractivity contribution in [2.24, 2.45) is 10.9 Å². The molecule has 7 heteroatoms. The standard InChI is InChI=1S/C20H24N4O3/c1-12-6-8-16-18(21-15-7-9-17(25)13(2)19(15)26)20(22-24(16)14(12)3)27-11-10-23(4)5/h6-9,13H,10-11H2,1-5H3. The van der Waals surface area contributed by atoms with Crippen LogP contribution in [0.3, 0.4) is 0 Å². The first kappa shape index (κ1) is 19.0. The number of allylic oxidation sites excluding steroid dienone is 2. The molecule has 1 aliphatic carbocycles. The first-order chi connectivity index (χ1) is 12.8. The van der Waals surface area contributed by atoms with E-state index in [0.717, 1.165) is 23.3 Å². The molecule has 142 valence electrons. The zero-order valence-electron chi connectivity index (χ0n) is 16.3. The van der Waals surface area contributed by atoms with Crippen molar-refractivity contribution in [1.82, 2.24) is 14.5 Å². The molecule has 27 heavy (non-hydrogen) atoms. The number of carbonyl (C=O) groups is 2. The highest BCUT2D eigenvalue weighted by Gasteiger charge is 2.28. The van der Waals surface area contributed by atoms with Crippen LogP contribution in [-0.2, 0) is 9.59 Å². The molecule has 0 aromatic carbocycles. The number of aromatic nitrogens is 2. The molecule has 0 amide bonds. The van der Waals surface area contributed by atoms with Crippen LogP contribution >= 0.6 is 0 Å². The summed E-state index contributed by atoms with van der Waals surface area (Å²) in [7, 11) is 3.93. The molecule has 1 unspecified atom stereocenters. The number of hydrogen-bond donors (Lipinski definition) is 0. The Labute approximate surface area is 158 Å². The number of aliphatic imine (C=N–C) groups is 1. The molecule has 0 fully saturated rings. The predicted octanol–water partition coefficient (Wildman–Crippen LogP) is 2.31. The van der Waals surface area contributed by atoms with Crippen LogP contribution in [0.4, 0.5) is 5.69 Å². The molecule has 0 aliphatic heterocycles. The van der Waals surface area contributed by atoms with E-state index in [1.165, 1.54) is 12.2 Å². The van der Waals surface area contributed by atoms with Gasteiger partial charge in [-0.3, -0.25) is 9.59 Å². The molecule has 0 saturated heterocycles. The van der Waals surface area contributed by atoms with Gasteiger partial charge in [-0.15, -0.1) is 5.10 Å². The highest BCUT2D eigenvalue weighted by Crippen LogP contribution is 2.34. The van der Waals surface area contributed by atoms with Crippen LogP contribution < -0.4 is 4.74 Å². The second-order valence-electron chi connectivity index (χ2n) is 7.02. The van der Waals surface area contributed by atoms with Crippen molar-refractivity contribution >= 4 is 28.5 Å². The summed E-state index contributed by atoms with van der Waals surface area (Å²) in [5.74, 6) is -0.820. The van der Waals surface area contributed by atoms with Crippen LogP contribution in [0.5, 0.6) is 5.88 Å². The van der Waals surface area contributed by atoms with Gasteiger partial charge < -0.3 is 9.64 Å². The average molecular weight is 368 g/mol. The number of pyridine rings is 1. The van der Waals surface area contributed by atoms with E-state index in [1.807, 2.05) is 45.0 Å². The summed E-state index contributed by atoms with van der Waals surface area (Å²) in [5.41, 5.74) is 3.58. The molecule has 2 heterocycles. The van der Waals surface area contributed by atoms with Gasteiger partial charge in [-0.2, -0.15) is 0 Å². The monoisotopic (exact) mass is 368 g/mol. The van der Waals surface area contributed by atoms with Gasteiger partial charge in [0.25, 0.3) is 5.88 Å². The van der Waals surface area contributed by atoms with E-state index < -0.39 is 5.92 Å². The van der Waals surface area contributed by atoms with Crippen molar-refractivity contribution in [2.75, 3.05) is 27.2 Å². The number of nitrogens with zero attached hydrogens (tertiary/aromatic N) is 4.